The van der Waals surface area contributed by atoms with Crippen LogP contribution in [0, 0.1) is 11.3 Å². The van der Waals surface area contributed by atoms with Crippen molar-refractivity contribution in [2.45, 2.75) is 12.5 Å². The summed E-state index contributed by atoms with van der Waals surface area (Å²) in [6.45, 7) is 0.194. The fourth-order valence-electron chi connectivity index (χ4n) is 1.86. The van der Waals surface area contributed by atoms with Gasteiger partial charge in [-0.1, -0.05) is 12.1 Å². The number of aliphatic hydroxyl groups is 1. The topological polar surface area (TPSA) is 82.3 Å². The summed E-state index contributed by atoms with van der Waals surface area (Å²) in [7, 11) is 0. The van der Waals surface area contributed by atoms with Crippen molar-refractivity contribution >= 4 is 17.2 Å². The van der Waals surface area contributed by atoms with Gasteiger partial charge in [0.1, 0.15) is 11.8 Å². The zero-order valence-electron chi connectivity index (χ0n) is 11.9. The van der Waals surface area contributed by atoms with Crippen molar-refractivity contribution in [3.05, 3.63) is 52.2 Å². The Morgan fingerprint density at radius 3 is 2.77 bits per heavy atom. The van der Waals surface area contributed by atoms with Crippen LogP contribution in [0.25, 0.3) is 0 Å². The van der Waals surface area contributed by atoms with Crippen LogP contribution in [0.15, 0.2) is 41.1 Å². The molecule has 0 aliphatic rings. The molecular weight excluding hydrogens is 300 g/mol. The monoisotopic (exact) mass is 316 g/mol. The number of thiophene rings is 1. The predicted molar refractivity (Wildman–Crippen MR) is 83.5 cm³/mol. The highest BCUT2D eigenvalue weighted by atomic mass is 32.1. The van der Waals surface area contributed by atoms with E-state index in [0.29, 0.717) is 5.75 Å². The number of nitrogens with one attached hydrogen (secondary N) is 1. The first-order valence-electron chi connectivity index (χ1n) is 6.74. The van der Waals surface area contributed by atoms with Crippen LogP contribution in [0.2, 0.25) is 0 Å². The van der Waals surface area contributed by atoms with Gasteiger partial charge in [-0.3, -0.25) is 4.79 Å². The highest BCUT2D eigenvalue weighted by Gasteiger charge is 2.10. The molecule has 1 unspecified atom stereocenters. The molecule has 22 heavy (non-hydrogen) atoms. The smallest absolute Gasteiger partial charge is 0.224 e. The summed E-state index contributed by atoms with van der Waals surface area (Å²) in [6, 6.07) is 10.7. The molecule has 0 fully saturated rings. The molecule has 0 bridgehead atoms. The highest BCUT2D eigenvalue weighted by Crippen LogP contribution is 2.15. The quantitative estimate of drug-likeness (QED) is 0.819. The highest BCUT2D eigenvalue weighted by molar-refractivity contribution is 7.07. The van der Waals surface area contributed by atoms with Crippen LogP contribution in [-0.2, 0) is 11.2 Å². The van der Waals surface area contributed by atoms with Gasteiger partial charge in [-0.2, -0.15) is 16.6 Å². The summed E-state index contributed by atoms with van der Waals surface area (Å²) in [5.41, 5.74) is 1.65. The lowest BCUT2D eigenvalue weighted by Crippen LogP contribution is -2.29. The van der Waals surface area contributed by atoms with Gasteiger partial charge in [-0.25, -0.2) is 0 Å². The van der Waals surface area contributed by atoms with Crippen LogP contribution >= 0.6 is 11.3 Å². The molecule has 1 heterocycles. The van der Waals surface area contributed by atoms with Gasteiger partial charge in [-0.15, -0.1) is 0 Å². The Bertz CT molecular complexity index is 632. The molecule has 0 aliphatic carbocycles. The molecule has 0 saturated heterocycles. The summed E-state index contributed by atoms with van der Waals surface area (Å²) >= 11 is 1.51. The first kappa shape index (κ1) is 16.0. The number of ether oxygens (including phenoxy) is 1. The molecule has 1 aromatic heterocycles. The number of hydrogen-bond acceptors (Lipinski definition) is 5. The van der Waals surface area contributed by atoms with Crippen LogP contribution in [0.4, 0.5) is 0 Å². The van der Waals surface area contributed by atoms with E-state index in [-0.39, 0.29) is 25.5 Å². The van der Waals surface area contributed by atoms with Crippen LogP contribution in [0.3, 0.4) is 0 Å². The van der Waals surface area contributed by atoms with Gasteiger partial charge in [0.25, 0.3) is 0 Å². The van der Waals surface area contributed by atoms with E-state index in [1.807, 2.05) is 22.9 Å². The van der Waals surface area contributed by atoms with E-state index in [1.54, 1.807) is 24.3 Å². The first-order valence-corrected chi connectivity index (χ1v) is 7.69. The molecular formula is C16H16N2O3S. The lowest BCUT2D eigenvalue weighted by Gasteiger charge is -2.10. The first-order chi connectivity index (χ1) is 10.7. The number of amides is 1. The molecule has 114 valence electrons. The van der Waals surface area contributed by atoms with E-state index >= 15 is 0 Å². The van der Waals surface area contributed by atoms with Gasteiger partial charge in [0.15, 0.2) is 6.61 Å². The molecule has 0 aliphatic heterocycles. The van der Waals surface area contributed by atoms with E-state index in [2.05, 4.69) is 5.32 Å². The van der Waals surface area contributed by atoms with Gasteiger partial charge in [0, 0.05) is 6.54 Å². The maximum Gasteiger partial charge on any atom is 0.224 e. The third kappa shape index (κ3) is 4.88. The van der Waals surface area contributed by atoms with Crippen molar-refractivity contribution in [1.29, 1.82) is 5.26 Å². The minimum absolute atomic E-state index is 0.000302. The number of benzene rings is 1. The lowest BCUT2D eigenvalue weighted by atomic mass is 10.1. The number of hydrogen-bond donors (Lipinski definition) is 2. The molecule has 0 saturated carbocycles. The summed E-state index contributed by atoms with van der Waals surface area (Å²) in [4.78, 5) is 11.8. The Hall–Kier alpha value is -2.36. The second kappa shape index (κ2) is 8.17. The van der Waals surface area contributed by atoms with E-state index in [1.165, 1.54) is 11.3 Å². The van der Waals surface area contributed by atoms with Crippen LogP contribution < -0.4 is 10.1 Å². The average molecular weight is 316 g/mol. The molecule has 2 N–H and O–H groups in total. The Kier molecular flexibility index (Phi) is 5.95. The number of carbonyl (C=O) groups is 1. The zero-order chi connectivity index (χ0) is 15.8. The number of nitriles is 1. The maximum absolute atomic E-state index is 11.8. The van der Waals surface area contributed by atoms with Crippen LogP contribution in [-0.4, -0.2) is 24.2 Å². The van der Waals surface area contributed by atoms with Gasteiger partial charge < -0.3 is 15.2 Å². The minimum Gasteiger partial charge on any atom is -0.479 e. The SMILES string of the molecule is N#CCOc1ccc(CC(=O)NCC(O)c2ccsc2)cc1. The van der Waals surface area contributed by atoms with Crippen molar-refractivity contribution in [3.63, 3.8) is 0 Å². The number of nitrogens with zero attached hydrogens (tertiary/aromatic N) is 1. The average Bonchev–Trinajstić information content (AvgIpc) is 3.06. The largest absolute Gasteiger partial charge is 0.479 e. The number of rotatable bonds is 7. The molecule has 1 atom stereocenters. The number of aliphatic hydroxyl groups excluding tert-OH is 1. The summed E-state index contributed by atoms with van der Waals surface area (Å²) < 4.78 is 5.14. The minimum atomic E-state index is -0.683. The second-order valence-electron chi connectivity index (χ2n) is 4.64. The van der Waals surface area contributed by atoms with Crippen molar-refractivity contribution in [2.75, 3.05) is 13.2 Å². The van der Waals surface area contributed by atoms with Crippen molar-refractivity contribution < 1.29 is 14.6 Å². The van der Waals surface area contributed by atoms with Gasteiger partial charge >= 0.3 is 0 Å². The summed E-state index contributed by atoms with van der Waals surface area (Å²) in [6.07, 6.45) is -0.452. The molecule has 6 heteroatoms. The van der Waals surface area contributed by atoms with Gasteiger partial charge in [0.2, 0.25) is 5.91 Å². The maximum atomic E-state index is 11.8. The Balaban J connectivity index is 1.78. The Morgan fingerprint density at radius 2 is 2.14 bits per heavy atom. The van der Waals surface area contributed by atoms with E-state index in [0.717, 1.165) is 11.1 Å². The summed E-state index contributed by atoms with van der Waals surface area (Å²) in [5, 5.41) is 24.8. The fraction of sp³-hybridized carbons (Fsp3) is 0.250. The van der Waals surface area contributed by atoms with Crippen LogP contribution in [0.5, 0.6) is 5.75 Å². The lowest BCUT2D eigenvalue weighted by molar-refractivity contribution is -0.120. The molecule has 0 radical (unpaired) electrons. The van der Waals surface area contributed by atoms with Gasteiger partial charge in [0.05, 0.1) is 12.5 Å². The molecule has 1 amide bonds. The molecule has 2 aromatic rings. The Labute approximate surface area is 132 Å². The van der Waals surface area contributed by atoms with Crippen LogP contribution in [0.1, 0.15) is 17.2 Å². The third-order valence-corrected chi connectivity index (χ3v) is 3.71. The van der Waals surface area contributed by atoms with Crippen molar-refractivity contribution in [2.24, 2.45) is 0 Å². The zero-order valence-corrected chi connectivity index (χ0v) is 12.7. The molecule has 1 aromatic carbocycles. The number of carbonyl (C=O) groups excluding carboxylic acids is 1. The molecule has 2 rings (SSSR count). The van der Waals surface area contributed by atoms with E-state index in [4.69, 9.17) is 10.00 Å². The third-order valence-electron chi connectivity index (χ3n) is 3.01. The summed E-state index contributed by atoms with van der Waals surface area (Å²) in [5.74, 6) is 0.443. The Morgan fingerprint density at radius 1 is 1.36 bits per heavy atom. The molecule has 5 nitrogen and oxygen atoms in total. The standard InChI is InChI=1S/C16H16N2O3S/c17-6-7-21-14-3-1-12(2-4-14)9-16(20)18-10-15(19)13-5-8-22-11-13/h1-5,8,11,15,19H,7,9-10H2,(H,18,20). The second-order valence-corrected chi connectivity index (χ2v) is 5.42. The fourth-order valence-corrected chi connectivity index (χ4v) is 2.57. The van der Waals surface area contributed by atoms with Crippen molar-refractivity contribution in [1.82, 2.24) is 5.32 Å². The van der Waals surface area contributed by atoms with Gasteiger partial charge in [-0.05, 0) is 40.1 Å². The molecule has 0 spiro atoms. The van der Waals surface area contributed by atoms with E-state index in [9.17, 15) is 9.90 Å². The normalized spacial score (nSPS) is 11.5. The predicted octanol–water partition coefficient (Wildman–Crippen LogP) is 2.04. The van der Waals surface area contributed by atoms with E-state index < -0.39 is 6.10 Å². The van der Waals surface area contributed by atoms with Crippen molar-refractivity contribution in [3.8, 4) is 11.8 Å².